The van der Waals surface area contributed by atoms with E-state index in [9.17, 15) is 10.1 Å². The summed E-state index contributed by atoms with van der Waals surface area (Å²) >= 11 is 1.70. The Kier molecular flexibility index (Phi) is 4.42. The number of nitrogens with zero attached hydrogens (tertiary/aromatic N) is 1. The molecule has 1 aromatic rings. The van der Waals surface area contributed by atoms with Crippen LogP contribution in [0, 0.1) is 17.0 Å². The summed E-state index contributed by atoms with van der Waals surface area (Å²) in [7, 11) is 0. The normalized spacial score (nSPS) is 10.0. The van der Waals surface area contributed by atoms with E-state index in [-0.39, 0.29) is 5.69 Å². The van der Waals surface area contributed by atoms with Crippen molar-refractivity contribution in [1.29, 1.82) is 0 Å². The molecule has 0 aliphatic heterocycles. The number of hydrogen-bond donors (Lipinski definition) is 0. The molecular weight excluding hydrogens is 214 g/mol. The number of benzene rings is 1. The van der Waals surface area contributed by atoms with E-state index in [2.05, 4.69) is 0 Å². The van der Waals surface area contributed by atoms with E-state index in [1.54, 1.807) is 24.8 Å². The van der Waals surface area contributed by atoms with Gasteiger partial charge in [0.25, 0.3) is 5.69 Å². The van der Waals surface area contributed by atoms with E-state index in [1.807, 2.05) is 6.26 Å². The van der Waals surface area contributed by atoms with Gasteiger partial charge in [-0.3, -0.25) is 10.1 Å². The fraction of sp³-hybridized carbons (Fsp3) is 0.400. The van der Waals surface area contributed by atoms with E-state index in [1.165, 1.54) is 12.1 Å². The summed E-state index contributed by atoms with van der Waals surface area (Å²) in [5.41, 5.74) is 0.898. The molecule has 0 aliphatic carbocycles. The quantitative estimate of drug-likeness (QED) is 0.441. The smallest absolute Gasteiger partial charge is 0.269 e. The van der Waals surface area contributed by atoms with Gasteiger partial charge in [-0.2, -0.15) is 11.8 Å². The van der Waals surface area contributed by atoms with Gasteiger partial charge in [-0.05, 0) is 24.8 Å². The Balaban J connectivity index is 2.70. The molecule has 0 unspecified atom stereocenters. The number of ether oxygens (including phenoxy) is 1. The van der Waals surface area contributed by atoms with Crippen LogP contribution in [0.2, 0.25) is 0 Å². The molecule has 0 saturated heterocycles. The van der Waals surface area contributed by atoms with Crippen LogP contribution in [-0.4, -0.2) is 23.5 Å². The first-order chi connectivity index (χ1) is 7.15. The maximum absolute atomic E-state index is 10.5. The zero-order valence-electron chi connectivity index (χ0n) is 8.73. The molecule has 0 atom stereocenters. The highest BCUT2D eigenvalue weighted by molar-refractivity contribution is 7.98. The predicted molar refractivity (Wildman–Crippen MR) is 61.7 cm³/mol. The van der Waals surface area contributed by atoms with Crippen molar-refractivity contribution in [2.75, 3.05) is 18.6 Å². The van der Waals surface area contributed by atoms with Crippen molar-refractivity contribution in [2.45, 2.75) is 6.92 Å². The Labute approximate surface area is 92.8 Å². The van der Waals surface area contributed by atoms with Gasteiger partial charge in [-0.15, -0.1) is 0 Å². The van der Waals surface area contributed by atoms with Crippen LogP contribution in [0.5, 0.6) is 5.75 Å². The van der Waals surface area contributed by atoms with Crippen LogP contribution in [0.25, 0.3) is 0 Å². The summed E-state index contributed by atoms with van der Waals surface area (Å²) in [6.07, 6.45) is 2.01. The molecule has 0 spiro atoms. The lowest BCUT2D eigenvalue weighted by molar-refractivity contribution is -0.384. The second-order valence-corrected chi connectivity index (χ2v) is 4.03. The molecule has 1 aromatic carbocycles. The molecule has 0 amide bonds. The standard InChI is InChI=1S/C10H13NO3S/c1-8-7-9(11(12)13)3-4-10(8)14-5-6-15-2/h3-4,7H,5-6H2,1-2H3. The van der Waals surface area contributed by atoms with Crippen LogP contribution < -0.4 is 4.74 Å². The first-order valence-electron chi connectivity index (χ1n) is 4.52. The summed E-state index contributed by atoms with van der Waals surface area (Å²) in [6, 6.07) is 4.63. The Morgan fingerprint density at radius 2 is 2.27 bits per heavy atom. The second-order valence-electron chi connectivity index (χ2n) is 3.05. The molecule has 5 heteroatoms. The maximum atomic E-state index is 10.5. The molecule has 82 valence electrons. The molecule has 0 aliphatic rings. The van der Waals surface area contributed by atoms with Crippen LogP contribution in [0.15, 0.2) is 18.2 Å². The van der Waals surface area contributed by atoms with Crippen LogP contribution in [0.4, 0.5) is 5.69 Å². The number of hydrogen-bond acceptors (Lipinski definition) is 4. The van der Waals surface area contributed by atoms with Gasteiger partial charge in [0.2, 0.25) is 0 Å². The highest BCUT2D eigenvalue weighted by Crippen LogP contribution is 2.23. The number of aryl methyl sites for hydroxylation is 1. The number of rotatable bonds is 5. The largest absolute Gasteiger partial charge is 0.492 e. The Morgan fingerprint density at radius 1 is 1.53 bits per heavy atom. The Morgan fingerprint density at radius 3 is 2.80 bits per heavy atom. The molecule has 15 heavy (non-hydrogen) atoms. The summed E-state index contributed by atoms with van der Waals surface area (Å²) < 4.78 is 5.47. The molecule has 4 nitrogen and oxygen atoms in total. The van der Waals surface area contributed by atoms with Crippen molar-refractivity contribution in [3.8, 4) is 5.75 Å². The predicted octanol–water partition coefficient (Wildman–Crippen LogP) is 2.65. The topological polar surface area (TPSA) is 52.4 Å². The van der Waals surface area contributed by atoms with Crippen molar-refractivity contribution in [1.82, 2.24) is 0 Å². The highest BCUT2D eigenvalue weighted by atomic mass is 32.2. The molecular formula is C10H13NO3S. The lowest BCUT2D eigenvalue weighted by atomic mass is 10.2. The zero-order chi connectivity index (χ0) is 11.3. The maximum Gasteiger partial charge on any atom is 0.269 e. The summed E-state index contributed by atoms with van der Waals surface area (Å²) in [5.74, 6) is 1.63. The minimum absolute atomic E-state index is 0.102. The van der Waals surface area contributed by atoms with Crippen LogP contribution in [-0.2, 0) is 0 Å². The summed E-state index contributed by atoms with van der Waals surface area (Å²) in [4.78, 5) is 10.1. The van der Waals surface area contributed by atoms with Crippen molar-refractivity contribution in [2.24, 2.45) is 0 Å². The van der Waals surface area contributed by atoms with Crippen molar-refractivity contribution in [3.63, 3.8) is 0 Å². The van der Waals surface area contributed by atoms with Gasteiger partial charge in [0, 0.05) is 17.9 Å². The molecule has 0 heterocycles. The van der Waals surface area contributed by atoms with E-state index in [0.717, 1.165) is 17.1 Å². The minimum atomic E-state index is -0.404. The Bertz CT molecular complexity index is 355. The van der Waals surface area contributed by atoms with Gasteiger partial charge >= 0.3 is 0 Å². The van der Waals surface area contributed by atoms with Crippen molar-refractivity contribution >= 4 is 17.4 Å². The van der Waals surface area contributed by atoms with Gasteiger partial charge in [-0.25, -0.2) is 0 Å². The van der Waals surface area contributed by atoms with E-state index < -0.39 is 4.92 Å². The summed E-state index contributed by atoms with van der Waals surface area (Å²) in [5, 5.41) is 10.5. The van der Waals surface area contributed by atoms with Gasteiger partial charge in [0.1, 0.15) is 5.75 Å². The van der Waals surface area contributed by atoms with E-state index >= 15 is 0 Å². The third-order valence-corrected chi connectivity index (χ3v) is 2.49. The fourth-order valence-electron chi connectivity index (χ4n) is 1.14. The lowest BCUT2D eigenvalue weighted by Gasteiger charge is -2.07. The monoisotopic (exact) mass is 227 g/mol. The average Bonchev–Trinajstić information content (AvgIpc) is 2.20. The first-order valence-corrected chi connectivity index (χ1v) is 5.91. The molecule has 0 bridgehead atoms. The van der Waals surface area contributed by atoms with Gasteiger partial charge in [-0.1, -0.05) is 0 Å². The molecule has 0 aromatic heterocycles. The highest BCUT2D eigenvalue weighted by Gasteiger charge is 2.08. The van der Waals surface area contributed by atoms with Gasteiger partial charge < -0.3 is 4.74 Å². The SMILES string of the molecule is CSCCOc1ccc([N+](=O)[O-])cc1C. The number of nitro benzene ring substituents is 1. The van der Waals surface area contributed by atoms with Crippen LogP contribution in [0.3, 0.4) is 0 Å². The third-order valence-electron chi connectivity index (χ3n) is 1.91. The molecule has 0 fully saturated rings. The number of nitro groups is 1. The minimum Gasteiger partial charge on any atom is -0.492 e. The first kappa shape index (κ1) is 11.8. The molecule has 0 N–H and O–H groups in total. The zero-order valence-corrected chi connectivity index (χ0v) is 9.54. The average molecular weight is 227 g/mol. The lowest BCUT2D eigenvalue weighted by Crippen LogP contribution is -2.01. The summed E-state index contributed by atoms with van der Waals surface area (Å²) in [6.45, 7) is 2.43. The van der Waals surface area contributed by atoms with Gasteiger partial charge in [0.15, 0.2) is 0 Å². The second kappa shape index (κ2) is 5.60. The number of thioether (sulfide) groups is 1. The molecule has 0 saturated carbocycles. The Hall–Kier alpha value is -1.23. The molecule has 0 radical (unpaired) electrons. The van der Waals surface area contributed by atoms with Crippen molar-refractivity contribution < 1.29 is 9.66 Å². The van der Waals surface area contributed by atoms with Crippen LogP contribution >= 0.6 is 11.8 Å². The third kappa shape index (κ3) is 3.43. The number of non-ortho nitro benzene ring substituents is 1. The fourth-order valence-corrected chi connectivity index (χ4v) is 1.39. The van der Waals surface area contributed by atoms with Gasteiger partial charge in [0.05, 0.1) is 11.5 Å². The van der Waals surface area contributed by atoms with Crippen molar-refractivity contribution in [3.05, 3.63) is 33.9 Å². The van der Waals surface area contributed by atoms with Crippen LogP contribution in [0.1, 0.15) is 5.56 Å². The van der Waals surface area contributed by atoms with E-state index in [4.69, 9.17) is 4.74 Å². The van der Waals surface area contributed by atoms with E-state index in [0.29, 0.717) is 6.61 Å². The molecule has 1 rings (SSSR count).